The first-order chi connectivity index (χ1) is 18.7. The zero-order valence-corrected chi connectivity index (χ0v) is 23.5. The van der Waals surface area contributed by atoms with Crippen LogP contribution in [0, 0.1) is 0 Å². The van der Waals surface area contributed by atoms with E-state index in [0.29, 0.717) is 26.5 Å². The van der Waals surface area contributed by atoms with Crippen molar-refractivity contribution in [3.63, 3.8) is 0 Å². The van der Waals surface area contributed by atoms with Crippen LogP contribution in [0.15, 0.2) is 93.5 Å². The van der Waals surface area contributed by atoms with Gasteiger partial charge in [0, 0.05) is 14.7 Å². The Balaban J connectivity index is 1.65. The third-order valence-electron chi connectivity index (χ3n) is 8.13. The van der Waals surface area contributed by atoms with Gasteiger partial charge in [0.1, 0.15) is 0 Å². The van der Waals surface area contributed by atoms with Crippen LogP contribution in [0.2, 0.25) is 0 Å². The van der Waals surface area contributed by atoms with Gasteiger partial charge < -0.3 is 0 Å². The Hall–Kier alpha value is -2.29. The van der Waals surface area contributed by atoms with Crippen molar-refractivity contribution >= 4 is 20.4 Å². The fraction of sp³-hybridized carbons (Fsp3) is 0.419. The smallest absolute Gasteiger partial charge is 0.200 e. The van der Waals surface area contributed by atoms with Gasteiger partial charge in [0.25, 0.3) is 0 Å². The van der Waals surface area contributed by atoms with Gasteiger partial charge in [-0.2, -0.15) is 25.2 Å². The van der Waals surface area contributed by atoms with E-state index >= 15 is 0 Å². The zero-order valence-electron chi connectivity index (χ0n) is 21.9. The SMILES string of the molecule is O=S(=O)(OS(c1ccccc1)(c1ccc(C2CCCCC2)cc1)c1ccc(C2CCCCC2)cc1)C(F)(F)F. The summed E-state index contributed by atoms with van der Waals surface area (Å²) in [5.74, 6) is 0.812. The summed E-state index contributed by atoms with van der Waals surface area (Å²) in [6, 6.07) is 23.3. The molecule has 3 aromatic rings. The lowest BCUT2D eigenvalue weighted by atomic mass is 9.84. The summed E-state index contributed by atoms with van der Waals surface area (Å²) in [7, 11) is -9.20. The van der Waals surface area contributed by atoms with Gasteiger partial charge in [0.05, 0.1) is 0 Å². The fourth-order valence-electron chi connectivity index (χ4n) is 6.05. The van der Waals surface area contributed by atoms with Crippen molar-refractivity contribution in [3.8, 4) is 0 Å². The Kier molecular flexibility index (Phi) is 8.45. The Morgan fingerprint density at radius 1 is 0.564 bits per heavy atom. The van der Waals surface area contributed by atoms with E-state index in [2.05, 4.69) is 0 Å². The van der Waals surface area contributed by atoms with Crippen LogP contribution in [0.1, 0.15) is 87.2 Å². The highest BCUT2D eigenvalue weighted by atomic mass is 32.3. The maximum Gasteiger partial charge on any atom is 0.524 e. The van der Waals surface area contributed by atoms with Crippen molar-refractivity contribution in [1.82, 2.24) is 0 Å². The van der Waals surface area contributed by atoms with Crippen LogP contribution in [0.4, 0.5) is 13.2 Å². The monoisotopic (exact) mass is 576 g/mol. The molecule has 210 valence electrons. The summed E-state index contributed by atoms with van der Waals surface area (Å²) < 4.78 is 72.3. The Labute approximate surface area is 231 Å². The molecule has 0 amide bonds. The van der Waals surface area contributed by atoms with Crippen molar-refractivity contribution in [2.45, 2.75) is 96.2 Å². The largest absolute Gasteiger partial charge is 0.524 e. The maximum atomic E-state index is 13.8. The minimum Gasteiger partial charge on any atom is -0.200 e. The van der Waals surface area contributed by atoms with Gasteiger partial charge in [-0.1, -0.05) is 81.0 Å². The normalized spacial score (nSPS) is 18.6. The van der Waals surface area contributed by atoms with Crippen molar-refractivity contribution in [2.24, 2.45) is 0 Å². The second kappa shape index (κ2) is 11.7. The molecule has 8 heteroatoms. The molecule has 0 spiro atoms. The number of rotatable bonds is 7. The quantitative estimate of drug-likeness (QED) is 0.263. The molecule has 0 aliphatic heterocycles. The van der Waals surface area contributed by atoms with Crippen molar-refractivity contribution in [2.75, 3.05) is 0 Å². The number of benzene rings is 3. The summed E-state index contributed by atoms with van der Waals surface area (Å²) in [6.45, 7) is 0. The van der Waals surface area contributed by atoms with Crippen LogP contribution in [-0.2, 0) is 13.7 Å². The zero-order chi connectivity index (χ0) is 27.5. The van der Waals surface area contributed by atoms with Crippen LogP contribution in [0.5, 0.6) is 0 Å². The first-order valence-electron chi connectivity index (χ1n) is 13.8. The predicted octanol–water partition coefficient (Wildman–Crippen LogP) is 9.84. The molecule has 3 nitrogen and oxygen atoms in total. The van der Waals surface area contributed by atoms with Crippen LogP contribution >= 0.6 is 10.3 Å². The molecule has 0 saturated heterocycles. The van der Waals surface area contributed by atoms with E-state index in [4.69, 9.17) is 3.63 Å². The lowest BCUT2D eigenvalue weighted by Gasteiger charge is -2.40. The molecule has 0 atom stereocenters. The predicted molar refractivity (Wildman–Crippen MR) is 149 cm³/mol. The maximum absolute atomic E-state index is 13.8. The molecule has 0 N–H and O–H groups in total. The van der Waals surface area contributed by atoms with Crippen molar-refractivity contribution in [3.05, 3.63) is 90.0 Å². The van der Waals surface area contributed by atoms with E-state index in [9.17, 15) is 21.6 Å². The van der Waals surface area contributed by atoms with Gasteiger partial charge in [-0.25, -0.2) is 0 Å². The van der Waals surface area contributed by atoms with Crippen LogP contribution in [0.25, 0.3) is 0 Å². The van der Waals surface area contributed by atoms with E-state index in [1.54, 1.807) is 54.6 Å². The molecule has 0 bridgehead atoms. The molecule has 0 heterocycles. The van der Waals surface area contributed by atoms with E-state index in [-0.39, 0.29) is 0 Å². The summed E-state index contributed by atoms with van der Waals surface area (Å²) in [6.07, 6.45) is 11.4. The van der Waals surface area contributed by atoms with Crippen molar-refractivity contribution < 1.29 is 25.2 Å². The van der Waals surface area contributed by atoms with Gasteiger partial charge >= 0.3 is 15.6 Å². The number of hydrogen-bond donors (Lipinski definition) is 0. The lowest BCUT2D eigenvalue weighted by molar-refractivity contribution is -0.0496. The molecule has 0 radical (unpaired) electrons. The number of hydrogen-bond acceptors (Lipinski definition) is 3. The topological polar surface area (TPSA) is 43.4 Å². The standard InChI is InChI=1S/C31H35F3O3S2/c32-31(33,34)39(35,36)37-38(28-14-8-3-9-15-28,29-20-16-26(17-21-29)24-10-4-1-5-11-24)30-22-18-27(19-23-30)25-12-6-2-7-13-25/h3,8-9,14-25H,1-2,4-7,10-13H2. The highest BCUT2D eigenvalue weighted by molar-refractivity contribution is 8.33. The van der Waals surface area contributed by atoms with E-state index in [1.165, 1.54) is 12.8 Å². The first-order valence-corrected chi connectivity index (χ1v) is 16.8. The molecule has 2 aliphatic rings. The minimum atomic E-state index is -5.92. The molecule has 3 aromatic carbocycles. The molecular weight excluding hydrogens is 541 g/mol. The number of halogens is 3. The molecule has 0 aromatic heterocycles. The van der Waals surface area contributed by atoms with E-state index < -0.39 is 25.9 Å². The minimum absolute atomic E-state index is 0.397. The third kappa shape index (κ3) is 5.93. The fourth-order valence-corrected chi connectivity index (χ4v) is 10.8. The van der Waals surface area contributed by atoms with E-state index in [1.807, 2.05) is 24.3 Å². The summed E-state index contributed by atoms with van der Waals surface area (Å²) in [4.78, 5) is 1.24. The molecular formula is C31H35F3O3S2. The second-order valence-electron chi connectivity index (χ2n) is 10.6. The second-order valence-corrected chi connectivity index (χ2v) is 15.1. The van der Waals surface area contributed by atoms with Gasteiger partial charge in [-0.15, -0.1) is 0 Å². The molecule has 2 fully saturated rings. The summed E-state index contributed by atoms with van der Waals surface area (Å²) in [5.41, 5.74) is -3.29. The summed E-state index contributed by atoms with van der Waals surface area (Å²) >= 11 is 0. The first kappa shape index (κ1) is 28.2. The highest BCUT2D eigenvalue weighted by Crippen LogP contribution is 2.70. The highest BCUT2D eigenvalue weighted by Gasteiger charge is 2.52. The van der Waals surface area contributed by atoms with Gasteiger partial charge in [0.2, 0.25) is 0 Å². The molecule has 0 unspecified atom stereocenters. The van der Waals surface area contributed by atoms with Gasteiger partial charge in [-0.3, -0.25) is 0 Å². The van der Waals surface area contributed by atoms with Crippen LogP contribution in [-0.4, -0.2) is 13.9 Å². The van der Waals surface area contributed by atoms with E-state index in [0.717, 1.165) is 62.5 Å². The Morgan fingerprint density at radius 2 is 0.949 bits per heavy atom. The van der Waals surface area contributed by atoms with Crippen LogP contribution < -0.4 is 0 Å². The average Bonchev–Trinajstić information content (AvgIpc) is 2.97. The summed E-state index contributed by atoms with van der Waals surface area (Å²) in [5, 5.41) is 0. The van der Waals surface area contributed by atoms with Crippen LogP contribution in [0.3, 0.4) is 0 Å². The van der Waals surface area contributed by atoms with Gasteiger partial charge in [0.15, 0.2) is 0 Å². The molecule has 39 heavy (non-hydrogen) atoms. The Bertz CT molecular complexity index is 1270. The number of alkyl halides is 3. The molecule has 2 saturated carbocycles. The third-order valence-corrected chi connectivity index (χ3v) is 13.0. The van der Waals surface area contributed by atoms with Crippen molar-refractivity contribution in [1.29, 1.82) is 0 Å². The molecule has 5 rings (SSSR count). The van der Waals surface area contributed by atoms with Gasteiger partial charge in [-0.05, 0) is 95.4 Å². The molecule has 2 aliphatic carbocycles. The lowest BCUT2D eigenvalue weighted by Crippen LogP contribution is -2.27. The average molecular weight is 577 g/mol. The Morgan fingerprint density at radius 3 is 1.33 bits per heavy atom.